The fourth-order valence-corrected chi connectivity index (χ4v) is 3.35. The van der Waals surface area contributed by atoms with Gasteiger partial charge in [-0.15, -0.1) is 0 Å². The van der Waals surface area contributed by atoms with Crippen LogP contribution in [-0.2, 0) is 26.1 Å². The minimum atomic E-state index is -0.519. The molecule has 10 nitrogen and oxygen atoms in total. The van der Waals surface area contributed by atoms with Gasteiger partial charge in [-0.3, -0.25) is 19.2 Å². The van der Waals surface area contributed by atoms with Gasteiger partial charge in [-0.1, -0.05) is 0 Å². The maximum Gasteiger partial charge on any atom is 0.343 e. The Morgan fingerprint density at radius 1 is 1.20 bits per heavy atom. The molecule has 1 fully saturated rings. The highest BCUT2D eigenvalue weighted by molar-refractivity contribution is 6.00. The summed E-state index contributed by atoms with van der Waals surface area (Å²) in [5, 5.41) is 9.74. The van der Waals surface area contributed by atoms with Gasteiger partial charge < -0.3 is 20.1 Å². The Kier molecular flexibility index (Phi) is 9.75. The molecule has 1 aromatic rings. The van der Waals surface area contributed by atoms with Gasteiger partial charge in [0.1, 0.15) is 11.4 Å². The normalized spacial score (nSPS) is 15.0. The van der Waals surface area contributed by atoms with E-state index in [4.69, 9.17) is 9.47 Å². The predicted molar refractivity (Wildman–Crippen MR) is 111 cm³/mol. The first-order valence-corrected chi connectivity index (χ1v) is 10.5. The Morgan fingerprint density at radius 3 is 2.60 bits per heavy atom. The number of aromatic nitrogens is 2. The second kappa shape index (κ2) is 12.3. The molecule has 1 saturated heterocycles. The highest BCUT2D eigenvalue weighted by atomic mass is 16.5. The van der Waals surface area contributed by atoms with Crippen molar-refractivity contribution in [3.05, 3.63) is 11.8 Å². The zero-order valence-corrected chi connectivity index (χ0v) is 18.1. The first-order chi connectivity index (χ1) is 14.5. The molecule has 1 aliphatic heterocycles. The molecule has 0 bridgehead atoms. The molecule has 1 aliphatic rings. The van der Waals surface area contributed by atoms with Crippen molar-refractivity contribution in [2.75, 3.05) is 51.3 Å². The van der Waals surface area contributed by atoms with Crippen LogP contribution in [0.2, 0.25) is 0 Å². The molecule has 2 N–H and O–H groups in total. The lowest BCUT2D eigenvalue weighted by atomic mass is 9.96. The summed E-state index contributed by atoms with van der Waals surface area (Å²) in [6.07, 6.45) is 3.61. The molecule has 0 unspecified atom stereocenters. The molecule has 2 amide bonds. The zero-order valence-electron chi connectivity index (χ0n) is 18.1. The molecule has 10 heteroatoms. The van der Waals surface area contributed by atoms with E-state index in [1.165, 1.54) is 10.9 Å². The molecule has 0 atom stereocenters. The average Bonchev–Trinajstić information content (AvgIpc) is 3.08. The van der Waals surface area contributed by atoms with Crippen molar-refractivity contribution in [2.24, 2.45) is 13.0 Å². The van der Waals surface area contributed by atoms with Crippen LogP contribution >= 0.6 is 0 Å². The minimum absolute atomic E-state index is 0.0242. The van der Waals surface area contributed by atoms with Gasteiger partial charge in [-0.05, 0) is 46.2 Å². The third kappa shape index (κ3) is 7.10. The summed E-state index contributed by atoms with van der Waals surface area (Å²) >= 11 is 0. The lowest BCUT2D eigenvalue weighted by molar-refractivity contribution is -0.126. The zero-order chi connectivity index (χ0) is 21.9. The number of aryl methyl sites for hydroxylation is 1. The highest BCUT2D eigenvalue weighted by Crippen LogP contribution is 2.18. The average molecular weight is 424 g/mol. The smallest absolute Gasteiger partial charge is 0.343 e. The van der Waals surface area contributed by atoms with E-state index < -0.39 is 5.97 Å². The number of ether oxygens (including phenoxy) is 2. The van der Waals surface area contributed by atoms with Crippen molar-refractivity contribution in [1.82, 2.24) is 20.0 Å². The standard InChI is InChI=1S/C20H33N5O5/c1-4-29-12-6-9-21-19(27)15-7-10-25(11-8-15)14-17(26)23-18-16(13-22-24(18)3)20(28)30-5-2/h13,15H,4-12,14H2,1-3H3,(H,21,27)(H,23,26). The third-order valence-corrected chi connectivity index (χ3v) is 4.99. The number of carbonyl (C=O) groups excluding carboxylic acids is 3. The van der Waals surface area contributed by atoms with Gasteiger partial charge in [0.2, 0.25) is 11.8 Å². The van der Waals surface area contributed by atoms with Crippen LogP contribution in [0.1, 0.15) is 43.5 Å². The summed E-state index contributed by atoms with van der Waals surface area (Å²) in [4.78, 5) is 38.7. The number of hydrogen-bond acceptors (Lipinski definition) is 7. The Balaban J connectivity index is 1.75. The molecule has 2 heterocycles. The van der Waals surface area contributed by atoms with E-state index in [-0.39, 0.29) is 36.4 Å². The van der Waals surface area contributed by atoms with Gasteiger partial charge in [0, 0.05) is 32.7 Å². The fourth-order valence-electron chi connectivity index (χ4n) is 3.35. The molecule has 1 aromatic heterocycles. The largest absolute Gasteiger partial charge is 0.462 e. The summed E-state index contributed by atoms with van der Waals surface area (Å²) in [5.41, 5.74) is 0.229. The van der Waals surface area contributed by atoms with Gasteiger partial charge in [0.25, 0.3) is 0 Å². The number of esters is 1. The SMILES string of the molecule is CCOCCCNC(=O)C1CCN(CC(=O)Nc2c(C(=O)OCC)cnn2C)CC1. The number of carbonyl (C=O) groups is 3. The van der Waals surface area contributed by atoms with E-state index >= 15 is 0 Å². The summed E-state index contributed by atoms with van der Waals surface area (Å²) in [6, 6.07) is 0. The molecule has 0 aliphatic carbocycles. The minimum Gasteiger partial charge on any atom is -0.462 e. The Labute approximate surface area is 177 Å². The van der Waals surface area contributed by atoms with E-state index in [1.54, 1.807) is 14.0 Å². The number of hydrogen-bond donors (Lipinski definition) is 2. The first kappa shape index (κ1) is 23.8. The molecular formula is C20H33N5O5. The summed E-state index contributed by atoms with van der Waals surface area (Å²) in [7, 11) is 1.65. The highest BCUT2D eigenvalue weighted by Gasteiger charge is 2.26. The van der Waals surface area contributed by atoms with Gasteiger partial charge >= 0.3 is 5.97 Å². The number of nitrogens with zero attached hydrogens (tertiary/aromatic N) is 3. The van der Waals surface area contributed by atoms with E-state index in [1.807, 2.05) is 11.8 Å². The molecule has 0 radical (unpaired) electrons. The van der Waals surface area contributed by atoms with Crippen LogP contribution in [-0.4, -0.2) is 78.5 Å². The molecule has 0 saturated carbocycles. The van der Waals surface area contributed by atoms with Crippen molar-refractivity contribution in [2.45, 2.75) is 33.1 Å². The third-order valence-electron chi connectivity index (χ3n) is 4.99. The lowest BCUT2D eigenvalue weighted by Gasteiger charge is -2.30. The number of piperidine rings is 1. The van der Waals surface area contributed by atoms with E-state index in [0.717, 1.165) is 6.42 Å². The second-order valence-electron chi connectivity index (χ2n) is 7.19. The Bertz CT molecular complexity index is 712. The van der Waals surface area contributed by atoms with Crippen LogP contribution in [0.15, 0.2) is 6.20 Å². The van der Waals surface area contributed by atoms with Crippen LogP contribution in [0, 0.1) is 5.92 Å². The summed E-state index contributed by atoms with van der Waals surface area (Å²) < 4.78 is 11.7. The van der Waals surface area contributed by atoms with E-state index in [2.05, 4.69) is 15.7 Å². The molecule has 0 aromatic carbocycles. The van der Waals surface area contributed by atoms with Crippen LogP contribution in [0.25, 0.3) is 0 Å². The second-order valence-corrected chi connectivity index (χ2v) is 7.19. The van der Waals surface area contributed by atoms with Crippen LogP contribution in [0.5, 0.6) is 0 Å². The maximum absolute atomic E-state index is 12.5. The number of rotatable bonds is 11. The van der Waals surface area contributed by atoms with Crippen molar-refractivity contribution >= 4 is 23.6 Å². The molecule has 2 rings (SSSR count). The monoisotopic (exact) mass is 423 g/mol. The fraction of sp³-hybridized carbons (Fsp3) is 0.700. The Hall–Kier alpha value is -2.46. The molecule has 0 spiro atoms. The Morgan fingerprint density at radius 2 is 1.93 bits per heavy atom. The van der Waals surface area contributed by atoms with E-state index in [0.29, 0.717) is 51.5 Å². The van der Waals surface area contributed by atoms with Gasteiger partial charge in [0.15, 0.2) is 0 Å². The van der Waals surface area contributed by atoms with Crippen LogP contribution < -0.4 is 10.6 Å². The van der Waals surface area contributed by atoms with Crippen LogP contribution in [0.4, 0.5) is 5.82 Å². The molecule has 168 valence electrons. The number of anilines is 1. The van der Waals surface area contributed by atoms with Crippen molar-refractivity contribution in [3.8, 4) is 0 Å². The molecule has 30 heavy (non-hydrogen) atoms. The quantitative estimate of drug-likeness (QED) is 0.399. The van der Waals surface area contributed by atoms with E-state index in [9.17, 15) is 14.4 Å². The number of nitrogens with one attached hydrogen (secondary N) is 2. The topological polar surface area (TPSA) is 115 Å². The van der Waals surface area contributed by atoms with Crippen molar-refractivity contribution in [3.63, 3.8) is 0 Å². The van der Waals surface area contributed by atoms with Gasteiger partial charge in [0.05, 0.1) is 19.3 Å². The van der Waals surface area contributed by atoms with Crippen LogP contribution in [0.3, 0.4) is 0 Å². The summed E-state index contributed by atoms with van der Waals surface area (Å²) in [5.74, 6) is -0.384. The van der Waals surface area contributed by atoms with Crippen molar-refractivity contribution in [1.29, 1.82) is 0 Å². The summed E-state index contributed by atoms with van der Waals surface area (Å²) in [6.45, 7) is 7.39. The lowest BCUT2D eigenvalue weighted by Crippen LogP contribution is -2.43. The maximum atomic E-state index is 12.5. The van der Waals surface area contributed by atoms with Gasteiger partial charge in [-0.2, -0.15) is 5.10 Å². The number of amides is 2. The molecular weight excluding hydrogens is 390 g/mol. The predicted octanol–water partition coefficient (Wildman–Crippen LogP) is 0.790. The number of likely N-dealkylation sites (tertiary alicyclic amines) is 1. The van der Waals surface area contributed by atoms with Crippen molar-refractivity contribution < 1.29 is 23.9 Å². The first-order valence-electron chi connectivity index (χ1n) is 10.5. The van der Waals surface area contributed by atoms with Gasteiger partial charge in [-0.25, -0.2) is 4.79 Å².